The molecule has 2 aliphatic rings. The summed E-state index contributed by atoms with van der Waals surface area (Å²) in [6, 6.07) is 6.03. The van der Waals surface area contributed by atoms with E-state index in [1.165, 1.54) is 5.56 Å². The second kappa shape index (κ2) is 4.16. The van der Waals surface area contributed by atoms with Crippen LogP contribution in [0, 0.1) is 0 Å². The van der Waals surface area contributed by atoms with E-state index in [9.17, 15) is 8.42 Å². The largest absolute Gasteiger partial charge is 0.368 e. The molecule has 1 aromatic carbocycles. The highest BCUT2D eigenvalue weighted by molar-refractivity contribution is 7.92. The first-order valence-corrected chi connectivity index (χ1v) is 8.11. The number of sulfonamides is 1. The Labute approximate surface area is 108 Å². The van der Waals surface area contributed by atoms with Crippen LogP contribution in [-0.4, -0.2) is 33.8 Å². The fourth-order valence-corrected chi connectivity index (χ4v) is 4.04. The van der Waals surface area contributed by atoms with Crippen LogP contribution in [0.5, 0.6) is 0 Å². The normalized spacial score (nSPS) is 18.7. The van der Waals surface area contributed by atoms with Crippen molar-refractivity contribution in [3.8, 4) is 0 Å². The van der Waals surface area contributed by atoms with Crippen molar-refractivity contribution in [1.82, 2.24) is 0 Å². The molecule has 4 nitrogen and oxygen atoms in total. The van der Waals surface area contributed by atoms with Gasteiger partial charge in [0.05, 0.1) is 23.7 Å². The minimum atomic E-state index is -3.15. The van der Waals surface area contributed by atoms with Gasteiger partial charge in [-0.15, -0.1) is 0 Å². The number of hydrogen-bond donors (Lipinski definition) is 0. The highest BCUT2D eigenvalue weighted by Gasteiger charge is 2.32. The number of anilines is 2. The maximum atomic E-state index is 12.1. The molecular formula is C13H18N2O2S. The Kier molecular flexibility index (Phi) is 2.73. The van der Waals surface area contributed by atoms with E-state index in [0.717, 1.165) is 37.3 Å². The molecule has 0 fully saturated rings. The van der Waals surface area contributed by atoms with Crippen molar-refractivity contribution in [1.29, 1.82) is 0 Å². The van der Waals surface area contributed by atoms with Crippen LogP contribution in [0.4, 0.5) is 11.4 Å². The van der Waals surface area contributed by atoms with Gasteiger partial charge in [-0.1, -0.05) is 12.1 Å². The van der Waals surface area contributed by atoms with Crippen molar-refractivity contribution in [2.45, 2.75) is 19.8 Å². The molecule has 0 saturated heterocycles. The summed E-state index contributed by atoms with van der Waals surface area (Å²) in [6.45, 7) is 4.14. The molecule has 18 heavy (non-hydrogen) atoms. The lowest BCUT2D eigenvalue weighted by molar-refractivity contribution is 0.587. The zero-order valence-electron chi connectivity index (χ0n) is 10.6. The number of nitrogens with zero attached hydrogens (tertiary/aromatic N) is 2. The van der Waals surface area contributed by atoms with Crippen molar-refractivity contribution in [2.24, 2.45) is 0 Å². The number of para-hydroxylation sites is 1. The third-order valence-electron chi connectivity index (χ3n) is 3.83. The lowest BCUT2D eigenvalue weighted by atomic mass is 9.99. The molecule has 1 aromatic rings. The minimum Gasteiger partial charge on any atom is -0.368 e. The van der Waals surface area contributed by atoms with Gasteiger partial charge >= 0.3 is 0 Å². The van der Waals surface area contributed by atoms with E-state index in [-0.39, 0.29) is 5.75 Å². The molecule has 0 unspecified atom stereocenters. The van der Waals surface area contributed by atoms with E-state index in [4.69, 9.17) is 0 Å². The van der Waals surface area contributed by atoms with Gasteiger partial charge in [0.1, 0.15) is 0 Å². The maximum absolute atomic E-state index is 12.1. The molecule has 3 rings (SSSR count). The van der Waals surface area contributed by atoms with Crippen LogP contribution >= 0.6 is 0 Å². The van der Waals surface area contributed by atoms with Gasteiger partial charge in [-0.3, -0.25) is 4.31 Å². The molecule has 0 N–H and O–H groups in total. The smallest absolute Gasteiger partial charge is 0.235 e. The predicted molar refractivity (Wildman–Crippen MR) is 73.8 cm³/mol. The summed E-state index contributed by atoms with van der Waals surface area (Å²) in [5.41, 5.74) is 3.31. The van der Waals surface area contributed by atoms with Crippen LogP contribution in [-0.2, 0) is 16.4 Å². The fourth-order valence-electron chi connectivity index (χ4n) is 2.92. The number of rotatable bonds is 2. The summed E-state index contributed by atoms with van der Waals surface area (Å²) in [7, 11) is -3.15. The topological polar surface area (TPSA) is 40.6 Å². The zero-order valence-corrected chi connectivity index (χ0v) is 11.4. The quantitative estimate of drug-likeness (QED) is 0.816. The van der Waals surface area contributed by atoms with E-state index >= 15 is 0 Å². The summed E-state index contributed by atoms with van der Waals surface area (Å²) in [6.07, 6.45) is 2.22. The second-order valence-corrected chi connectivity index (χ2v) is 7.03. The molecule has 0 atom stereocenters. The maximum Gasteiger partial charge on any atom is 0.235 e. The highest BCUT2D eigenvalue weighted by atomic mass is 32.2. The van der Waals surface area contributed by atoms with Crippen molar-refractivity contribution in [3.05, 3.63) is 23.8 Å². The van der Waals surface area contributed by atoms with E-state index in [2.05, 4.69) is 11.0 Å². The Morgan fingerprint density at radius 2 is 2.06 bits per heavy atom. The third-order valence-corrected chi connectivity index (χ3v) is 5.61. The molecular weight excluding hydrogens is 248 g/mol. The van der Waals surface area contributed by atoms with Gasteiger partial charge in [0.15, 0.2) is 0 Å². The molecule has 0 saturated carbocycles. The monoisotopic (exact) mass is 266 g/mol. The molecule has 0 aliphatic carbocycles. The van der Waals surface area contributed by atoms with Gasteiger partial charge in [0.2, 0.25) is 10.0 Å². The van der Waals surface area contributed by atoms with Gasteiger partial charge in [0, 0.05) is 13.1 Å². The van der Waals surface area contributed by atoms with Crippen LogP contribution in [0.3, 0.4) is 0 Å². The van der Waals surface area contributed by atoms with Crippen LogP contribution in [0.15, 0.2) is 18.2 Å². The minimum absolute atomic E-state index is 0.163. The van der Waals surface area contributed by atoms with Gasteiger partial charge < -0.3 is 4.90 Å². The van der Waals surface area contributed by atoms with Crippen LogP contribution in [0.2, 0.25) is 0 Å². The molecule has 2 heterocycles. The predicted octanol–water partition coefficient (Wildman–Crippen LogP) is 1.61. The van der Waals surface area contributed by atoms with E-state index in [0.29, 0.717) is 6.54 Å². The lowest BCUT2D eigenvalue weighted by Gasteiger charge is -2.41. The molecule has 2 aliphatic heterocycles. The SMILES string of the molecule is CCS(=O)(=O)N1CCN2CCCc3cccc1c32. The summed E-state index contributed by atoms with van der Waals surface area (Å²) < 4.78 is 25.9. The zero-order chi connectivity index (χ0) is 12.8. The Bertz CT molecular complexity index is 568. The summed E-state index contributed by atoms with van der Waals surface area (Å²) in [4.78, 5) is 2.33. The van der Waals surface area contributed by atoms with E-state index in [1.807, 2.05) is 12.1 Å². The Hall–Kier alpha value is -1.23. The summed E-state index contributed by atoms with van der Waals surface area (Å²) in [5, 5.41) is 0. The van der Waals surface area contributed by atoms with Gasteiger partial charge in [-0.2, -0.15) is 0 Å². The molecule has 0 amide bonds. The number of benzene rings is 1. The average Bonchev–Trinajstić information content (AvgIpc) is 2.39. The molecule has 0 spiro atoms. The first-order chi connectivity index (χ1) is 8.63. The Morgan fingerprint density at radius 3 is 2.83 bits per heavy atom. The highest BCUT2D eigenvalue weighted by Crippen LogP contribution is 2.40. The van der Waals surface area contributed by atoms with Crippen LogP contribution < -0.4 is 9.21 Å². The molecule has 5 heteroatoms. The first kappa shape index (κ1) is 11.8. The Morgan fingerprint density at radius 1 is 1.22 bits per heavy atom. The standard InChI is InChI=1S/C13H18N2O2S/c1-2-18(16,17)15-10-9-14-8-4-6-11-5-3-7-12(15)13(11)14/h3,5,7H,2,4,6,8-10H2,1H3. The van der Waals surface area contributed by atoms with Crippen molar-refractivity contribution < 1.29 is 8.42 Å². The molecule has 0 bridgehead atoms. The number of aryl methyl sites for hydroxylation is 1. The summed E-state index contributed by atoms with van der Waals surface area (Å²) in [5.74, 6) is 0.163. The third kappa shape index (κ3) is 1.68. The van der Waals surface area contributed by atoms with Gasteiger partial charge in [-0.25, -0.2) is 8.42 Å². The Balaban J connectivity index is 2.15. The van der Waals surface area contributed by atoms with Gasteiger partial charge in [0.25, 0.3) is 0 Å². The van der Waals surface area contributed by atoms with Crippen LogP contribution in [0.1, 0.15) is 18.9 Å². The number of hydrogen-bond acceptors (Lipinski definition) is 3. The van der Waals surface area contributed by atoms with Crippen molar-refractivity contribution in [3.63, 3.8) is 0 Å². The fraction of sp³-hybridized carbons (Fsp3) is 0.538. The van der Waals surface area contributed by atoms with Crippen molar-refractivity contribution >= 4 is 21.4 Å². The second-order valence-electron chi connectivity index (χ2n) is 4.85. The molecule has 98 valence electrons. The average molecular weight is 266 g/mol. The van der Waals surface area contributed by atoms with E-state index < -0.39 is 10.0 Å². The van der Waals surface area contributed by atoms with Crippen molar-refractivity contribution in [2.75, 3.05) is 34.6 Å². The summed E-state index contributed by atoms with van der Waals surface area (Å²) >= 11 is 0. The first-order valence-electron chi connectivity index (χ1n) is 6.51. The molecule has 0 radical (unpaired) electrons. The van der Waals surface area contributed by atoms with E-state index in [1.54, 1.807) is 11.2 Å². The van der Waals surface area contributed by atoms with Gasteiger partial charge in [-0.05, 0) is 31.4 Å². The van der Waals surface area contributed by atoms with Crippen LogP contribution in [0.25, 0.3) is 0 Å². The molecule has 0 aromatic heterocycles. The lowest BCUT2D eigenvalue weighted by Crippen LogP contribution is -2.46.